The molecule has 2 unspecified atom stereocenters. The average Bonchev–Trinajstić information content (AvgIpc) is 2.44. The zero-order chi connectivity index (χ0) is 15.1. The van der Waals surface area contributed by atoms with Crippen LogP contribution in [0.2, 0.25) is 0 Å². The third kappa shape index (κ3) is 4.24. The Morgan fingerprint density at radius 1 is 1.25 bits per heavy atom. The van der Waals surface area contributed by atoms with Gasteiger partial charge in [-0.05, 0) is 47.4 Å². The summed E-state index contributed by atoms with van der Waals surface area (Å²) < 4.78 is 34.1. The Balaban J connectivity index is 3.18. The van der Waals surface area contributed by atoms with Crippen molar-refractivity contribution in [2.24, 2.45) is 0 Å². The lowest BCUT2D eigenvalue weighted by Gasteiger charge is -2.28. The van der Waals surface area contributed by atoms with Gasteiger partial charge in [-0.25, -0.2) is 8.78 Å². The van der Waals surface area contributed by atoms with E-state index >= 15 is 0 Å². The molecule has 1 aromatic rings. The van der Waals surface area contributed by atoms with Crippen molar-refractivity contribution in [2.75, 3.05) is 13.7 Å². The highest BCUT2D eigenvalue weighted by molar-refractivity contribution is 9.10. The lowest BCUT2D eigenvalue weighted by molar-refractivity contribution is 0.0582. The van der Waals surface area contributed by atoms with Crippen molar-refractivity contribution in [3.63, 3.8) is 0 Å². The van der Waals surface area contributed by atoms with Gasteiger partial charge in [0.25, 0.3) is 0 Å². The van der Waals surface area contributed by atoms with E-state index in [0.29, 0.717) is 6.54 Å². The molecule has 0 radical (unpaired) electrons. The van der Waals surface area contributed by atoms with Gasteiger partial charge < -0.3 is 10.1 Å². The molecule has 0 aliphatic carbocycles. The maximum Gasteiger partial charge on any atom is 0.145 e. The number of nitrogens with one attached hydrogen (secondary N) is 1. The van der Waals surface area contributed by atoms with Crippen molar-refractivity contribution >= 4 is 15.9 Å². The number of halogens is 3. The molecule has 2 nitrogen and oxygen atoms in total. The Morgan fingerprint density at radius 3 is 2.50 bits per heavy atom. The van der Waals surface area contributed by atoms with Crippen LogP contribution in [0, 0.1) is 11.6 Å². The lowest BCUT2D eigenvalue weighted by Crippen LogP contribution is -2.35. The molecule has 1 N–H and O–H groups in total. The molecule has 20 heavy (non-hydrogen) atoms. The Hall–Kier alpha value is -0.520. The minimum atomic E-state index is -0.559. The van der Waals surface area contributed by atoms with Crippen LogP contribution >= 0.6 is 15.9 Å². The first-order valence-electron chi connectivity index (χ1n) is 6.96. The number of rotatable bonds is 8. The summed E-state index contributed by atoms with van der Waals surface area (Å²) >= 11 is 3.12. The minimum absolute atomic E-state index is 0.0492. The summed E-state index contributed by atoms with van der Waals surface area (Å²) in [4.78, 5) is 0. The van der Waals surface area contributed by atoms with Gasteiger partial charge >= 0.3 is 0 Å². The Bertz CT molecular complexity index is 429. The molecule has 2 atom stereocenters. The molecule has 0 heterocycles. The van der Waals surface area contributed by atoms with E-state index in [2.05, 4.69) is 21.2 Å². The molecule has 1 rings (SSSR count). The smallest absolute Gasteiger partial charge is 0.145 e. The second kappa shape index (κ2) is 8.70. The zero-order valence-corrected chi connectivity index (χ0v) is 13.8. The van der Waals surface area contributed by atoms with E-state index in [1.54, 1.807) is 7.11 Å². The van der Waals surface area contributed by atoms with Gasteiger partial charge in [0.2, 0.25) is 0 Å². The molecule has 0 aliphatic heterocycles. The number of ether oxygens (including phenoxy) is 1. The third-order valence-electron chi connectivity index (χ3n) is 3.25. The second-order valence-corrected chi connectivity index (χ2v) is 5.61. The van der Waals surface area contributed by atoms with Crippen molar-refractivity contribution in [1.82, 2.24) is 5.32 Å². The summed E-state index contributed by atoms with van der Waals surface area (Å²) in [5.41, 5.74) is 0.0492. The van der Waals surface area contributed by atoms with Gasteiger partial charge in [0, 0.05) is 12.7 Å². The molecule has 0 bridgehead atoms. The van der Waals surface area contributed by atoms with Crippen LogP contribution in [0.15, 0.2) is 16.6 Å². The van der Waals surface area contributed by atoms with Gasteiger partial charge in [-0.1, -0.05) is 20.3 Å². The van der Waals surface area contributed by atoms with Crippen LogP contribution in [0.4, 0.5) is 8.78 Å². The number of hydrogen-bond donors (Lipinski definition) is 1. The van der Waals surface area contributed by atoms with E-state index in [9.17, 15) is 8.78 Å². The predicted molar refractivity (Wildman–Crippen MR) is 80.8 cm³/mol. The standard InChI is InChI=1S/C15H22BrF2NO/c1-4-6-12(20-3)15(19-9-5-2)13-11(17)8-7-10(16)14(13)18/h7-8,12,15,19H,4-6,9H2,1-3H3. The molecule has 0 spiro atoms. The van der Waals surface area contributed by atoms with E-state index in [4.69, 9.17) is 4.74 Å². The summed E-state index contributed by atoms with van der Waals surface area (Å²) in [6.07, 6.45) is 2.25. The Morgan fingerprint density at radius 2 is 1.95 bits per heavy atom. The van der Waals surface area contributed by atoms with E-state index in [1.807, 2.05) is 13.8 Å². The third-order valence-corrected chi connectivity index (χ3v) is 3.86. The van der Waals surface area contributed by atoms with Crippen LogP contribution in [0.25, 0.3) is 0 Å². The highest BCUT2D eigenvalue weighted by atomic mass is 79.9. The zero-order valence-electron chi connectivity index (χ0n) is 12.2. The van der Waals surface area contributed by atoms with Gasteiger partial charge in [-0.15, -0.1) is 0 Å². The average molecular weight is 350 g/mol. The maximum atomic E-state index is 14.3. The molecule has 0 saturated carbocycles. The highest BCUT2D eigenvalue weighted by Gasteiger charge is 2.28. The van der Waals surface area contributed by atoms with Crippen LogP contribution in [-0.2, 0) is 4.74 Å². The van der Waals surface area contributed by atoms with E-state index in [-0.39, 0.29) is 16.1 Å². The summed E-state index contributed by atoms with van der Waals surface area (Å²) in [7, 11) is 1.58. The predicted octanol–water partition coefficient (Wildman–Crippen LogP) is 4.58. The molecule has 5 heteroatoms. The summed E-state index contributed by atoms with van der Waals surface area (Å²) in [6, 6.07) is 2.17. The first-order valence-corrected chi connectivity index (χ1v) is 7.75. The van der Waals surface area contributed by atoms with E-state index in [0.717, 1.165) is 19.3 Å². The second-order valence-electron chi connectivity index (χ2n) is 4.75. The summed E-state index contributed by atoms with van der Waals surface area (Å²) in [5.74, 6) is -1.10. The molecular weight excluding hydrogens is 328 g/mol. The summed E-state index contributed by atoms with van der Waals surface area (Å²) in [5, 5.41) is 3.20. The van der Waals surface area contributed by atoms with Gasteiger partial charge in [0.15, 0.2) is 0 Å². The normalized spacial score (nSPS) is 14.3. The SMILES string of the molecule is CCCNC(c1c(F)ccc(Br)c1F)C(CCC)OC. The number of methoxy groups -OCH3 is 1. The van der Waals surface area contributed by atoms with E-state index in [1.165, 1.54) is 12.1 Å². The van der Waals surface area contributed by atoms with Gasteiger partial charge in [0.1, 0.15) is 11.6 Å². The molecule has 1 aromatic carbocycles. The van der Waals surface area contributed by atoms with Crippen LogP contribution < -0.4 is 5.32 Å². The molecule has 0 fully saturated rings. The van der Waals surface area contributed by atoms with Crippen LogP contribution in [-0.4, -0.2) is 19.8 Å². The highest BCUT2D eigenvalue weighted by Crippen LogP contribution is 2.31. The van der Waals surface area contributed by atoms with Gasteiger partial charge in [-0.3, -0.25) is 0 Å². The van der Waals surface area contributed by atoms with Crippen LogP contribution in [0.3, 0.4) is 0 Å². The largest absolute Gasteiger partial charge is 0.379 e. The first-order chi connectivity index (χ1) is 9.56. The Kier molecular flexibility index (Phi) is 7.62. The molecule has 114 valence electrons. The topological polar surface area (TPSA) is 21.3 Å². The molecule has 0 amide bonds. The van der Waals surface area contributed by atoms with Crippen LogP contribution in [0.5, 0.6) is 0 Å². The maximum absolute atomic E-state index is 14.3. The fourth-order valence-electron chi connectivity index (χ4n) is 2.25. The van der Waals surface area contributed by atoms with Crippen molar-refractivity contribution in [3.8, 4) is 0 Å². The number of benzene rings is 1. The lowest BCUT2D eigenvalue weighted by atomic mass is 9.96. The summed E-state index contributed by atoms with van der Waals surface area (Å²) in [6.45, 7) is 4.72. The Labute approximate surface area is 128 Å². The molecule has 0 saturated heterocycles. The minimum Gasteiger partial charge on any atom is -0.379 e. The number of hydrogen-bond acceptors (Lipinski definition) is 2. The van der Waals surface area contributed by atoms with Crippen molar-refractivity contribution < 1.29 is 13.5 Å². The van der Waals surface area contributed by atoms with Crippen molar-refractivity contribution in [3.05, 3.63) is 33.8 Å². The fourth-order valence-corrected chi connectivity index (χ4v) is 2.60. The molecular formula is C15H22BrF2NO. The molecule has 0 aliphatic rings. The molecule has 0 aromatic heterocycles. The first kappa shape index (κ1) is 17.5. The van der Waals surface area contributed by atoms with E-state index < -0.39 is 17.7 Å². The monoisotopic (exact) mass is 349 g/mol. The van der Waals surface area contributed by atoms with Gasteiger partial charge in [0.05, 0.1) is 16.6 Å². The quantitative estimate of drug-likeness (QED) is 0.693. The fraction of sp³-hybridized carbons (Fsp3) is 0.600. The van der Waals surface area contributed by atoms with Crippen LogP contribution in [0.1, 0.15) is 44.7 Å². The van der Waals surface area contributed by atoms with Crippen molar-refractivity contribution in [2.45, 2.75) is 45.3 Å². The van der Waals surface area contributed by atoms with Crippen molar-refractivity contribution in [1.29, 1.82) is 0 Å². The van der Waals surface area contributed by atoms with Gasteiger partial charge in [-0.2, -0.15) is 0 Å².